The second-order valence-corrected chi connectivity index (χ2v) is 7.85. The van der Waals surface area contributed by atoms with Gasteiger partial charge in [-0.25, -0.2) is 0 Å². The average Bonchev–Trinajstić information content (AvgIpc) is 2.74. The largest absolute Gasteiger partial charge is 0.491 e. The van der Waals surface area contributed by atoms with Crippen LogP contribution in [0.5, 0.6) is 5.75 Å². The van der Waals surface area contributed by atoms with E-state index >= 15 is 0 Å². The van der Waals surface area contributed by atoms with Gasteiger partial charge in [-0.2, -0.15) is 0 Å². The first-order valence-electron chi connectivity index (χ1n) is 9.97. The summed E-state index contributed by atoms with van der Waals surface area (Å²) in [5.74, 6) is 0.440. The van der Waals surface area contributed by atoms with Crippen LogP contribution in [-0.4, -0.2) is 43.4 Å². The van der Waals surface area contributed by atoms with Crippen molar-refractivity contribution in [1.82, 2.24) is 5.32 Å². The second kappa shape index (κ2) is 10.6. The number of rotatable bonds is 6. The number of nitrogens with one attached hydrogen (secondary N) is 2. The number of anilines is 2. The van der Waals surface area contributed by atoms with Crippen molar-refractivity contribution in [2.45, 2.75) is 26.4 Å². The van der Waals surface area contributed by atoms with Crippen LogP contribution in [-0.2, 0) is 4.74 Å². The normalized spacial score (nSPS) is 14.7. The molecule has 0 bridgehead atoms. The van der Waals surface area contributed by atoms with Crippen LogP contribution in [0.4, 0.5) is 11.4 Å². The van der Waals surface area contributed by atoms with Gasteiger partial charge in [-0.15, -0.1) is 0 Å². The number of nitrogens with zero attached hydrogens (tertiary/aromatic N) is 1. The lowest BCUT2D eigenvalue weighted by molar-refractivity contribution is 0.0977. The molecule has 1 aliphatic heterocycles. The first-order chi connectivity index (χ1) is 14.5. The molecule has 3 rings (SSSR count). The Bertz CT molecular complexity index is 886. The predicted octanol–water partition coefficient (Wildman–Crippen LogP) is 4.48. The molecule has 1 atom stereocenters. The van der Waals surface area contributed by atoms with Gasteiger partial charge in [0.25, 0.3) is 5.91 Å². The molecule has 0 unspecified atom stereocenters. The minimum atomic E-state index is -0.293. The van der Waals surface area contributed by atoms with Crippen LogP contribution in [0.25, 0.3) is 0 Å². The number of carbonyl (C=O) groups is 1. The summed E-state index contributed by atoms with van der Waals surface area (Å²) < 4.78 is 11.1. The molecular formula is C22H26ClN3O3S. The maximum atomic E-state index is 12.4. The Hall–Kier alpha value is -2.35. The molecule has 1 saturated heterocycles. The van der Waals surface area contributed by atoms with Crippen LogP contribution in [0, 0.1) is 0 Å². The van der Waals surface area contributed by atoms with Crippen molar-refractivity contribution in [2.75, 3.05) is 36.5 Å². The Morgan fingerprint density at radius 1 is 1.23 bits per heavy atom. The molecule has 1 amide bonds. The molecule has 0 aromatic heterocycles. The van der Waals surface area contributed by atoms with Crippen LogP contribution in [0.1, 0.15) is 30.6 Å². The molecule has 0 saturated carbocycles. The minimum absolute atomic E-state index is 0.128. The van der Waals surface area contributed by atoms with Gasteiger partial charge < -0.3 is 19.7 Å². The van der Waals surface area contributed by atoms with E-state index in [1.807, 2.05) is 19.1 Å². The summed E-state index contributed by atoms with van der Waals surface area (Å²) in [4.78, 5) is 14.6. The molecule has 0 aliphatic carbocycles. The molecular weight excluding hydrogens is 422 g/mol. The van der Waals surface area contributed by atoms with Gasteiger partial charge in [0.15, 0.2) is 5.11 Å². The molecule has 160 valence electrons. The molecule has 30 heavy (non-hydrogen) atoms. The van der Waals surface area contributed by atoms with Gasteiger partial charge in [0.1, 0.15) is 5.75 Å². The highest BCUT2D eigenvalue weighted by molar-refractivity contribution is 7.80. The molecule has 1 heterocycles. The van der Waals surface area contributed by atoms with Crippen molar-refractivity contribution in [2.24, 2.45) is 0 Å². The summed E-state index contributed by atoms with van der Waals surface area (Å²) >= 11 is 11.7. The Kier molecular flexibility index (Phi) is 7.90. The van der Waals surface area contributed by atoms with Crippen LogP contribution in [0.15, 0.2) is 42.5 Å². The van der Waals surface area contributed by atoms with Crippen molar-refractivity contribution in [1.29, 1.82) is 0 Å². The number of carbonyl (C=O) groups excluding carboxylic acids is 1. The SMILES string of the molecule is CC[C@H](C)Oc1ccc(C(=O)NC(=S)Nc2ccc(N3CCOCC3)c(Cl)c2)cc1. The highest BCUT2D eigenvalue weighted by atomic mass is 35.5. The van der Waals surface area contributed by atoms with Gasteiger partial charge in [-0.05, 0) is 68.0 Å². The highest BCUT2D eigenvalue weighted by Gasteiger charge is 2.15. The number of benzene rings is 2. The molecule has 2 aromatic carbocycles. The summed E-state index contributed by atoms with van der Waals surface area (Å²) in [6.45, 7) is 7.06. The van der Waals surface area contributed by atoms with Gasteiger partial charge in [0.2, 0.25) is 0 Å². The number of amides is 1. The summed E-state index contributed by atoms with van der Waals surface area (Å²) in [6, 6.07) is 12.6. The van der Waals surface area contributed by atoms with Crippen LogP contribution in [0.3, 0.4) is 0 Å². The zero-order valence-electron chi connectivity index (χ0n) is 17.1. The average molecular weight is 448 g/mol. The van der Waals surface area contributed by atoms with E-state index in [0.29, 0.717) is 29.5 Å². The fourth-order valence-electron chi connectivity index (χ4n) is 2.98. The van der Waals surface area contributed by atoms with Gasteiger partial charge >= 0.3 is 0 Å². The van der Waals surface area contributed by atoms with E-state index in [2.05, 4.69) is 22.5 Å². The standard InChI is InChI=1S/C22H26ClN3O3S/c1-3-15(2)29-18-7-4-16(5-8-18)21(27)25-22(30)24-17-6-9-20(19(23)14-17)26-10-12-28-13-11-26/h4-9,14-15H,3,10-13H2,1-2H3,(H2,24,25,27,30)/t15-/m0/s1. The van der Waals surface area contributed by atoms with Gasteiger partial charge in [-0.3, -0.25) is 10.1 Å². The van der Waals surface area contributed by atoms with Crippen molar-refractivity contribution in [3.8, 4) is 5.75 Å². The van der Waals surface area contributed by atoms with Crippen molar-refractivity contribution < 1.29 is 14.3 Å². The Morgan fingerprint density at radius 2 is 1.93 bits per heavy atom. The van der Waals surface area contributed by atoms with E-state index in [-0.39, 0.29) is 17.1 Å². The molecule has 1 fully saturated rings. The Morgan fingerprint density at radius 3 is 2.57 bits per heavy atom. The number of hydrogen-bond donors (Lipinski definition) is 2. The number of morpholine rings is 1. The van der Waals surface area contributed by atoms with E-state index in [4.69, 9.17) is 33.3 Å². The topological polar surface area (TPSA) is 62.8 Å². The van der Waals surface area contributed by atoms with Crippen molar-refractivity contribution >= 4 is 46.2 Å². The van der Waals surface area contributed by atoms with E-state index in [9.17, 15) is 4.79 Å². The minimum Gasteiger partial charge on any atom is -0.491 e. The highest BCUT2D eigenvalue weighted by Crippen LogP contribution is 2.29. The Balaban J connectivity index is 1.55. The molecule has 2 N–H and O–H groups in total. The van der Waals surface area contributed by atoms with E-state index in [0.717, 1.165) is 30.9 Å². The zero-order valence-corrected chi connectivity index (χ0v) is 18.7. The smallest absolute Gasteiger partial charge is 0.257 e. The van der Waals surface area contributed by atoms with Gasteiger partial charge in [-0.1, -0.05) is 18.5 Å². The fourth-order valence-corrected chi connectivity index (χ4v) is 3.49. The lowest BCUT2D eigenvalue weighted by Gasteiger charge is -2.29. The first-order valence-corrected chi connectivity index (χ1v) is 10.8. The monoisotopic (exact) mass is 447 g/mol. The lowest BCUT2D eigenvalue weighted by atomic mass is 10.2. The predicted molar refractivity (Wildman–Crippen MR) is 125 cm³/mol. The quantitative estimate of drug-likeness (QED) is 0.636. The van der Waals surface area contributed by atoms with Gasteiger partial charge in [0.05, 0.1) is 30.0 Å². The van der Waals surface area contributed by atoms with Crippen LogP contribution < -0.4 is 20.3 Å². The van der Waals surface area contributed by atoms with Crippen LogP contribution >= 0.6 is 23.8 Å². The maximum Gasteiger partial charge on any atom is 0.257 e. The zero-order chi connectivity index (χ0) is 21.5. The number of thiocarbonyl (C=S) groups is 1. The lowest BCUT2D eigenvalue weighted by Crippen LogP contribution is -2.36. The molecule has 1 aliphatic rings. The molecule has 6 nitrogen and oxygen atoms in total. The van der Waals surface area contributed by atoms with Crippen molar-refractivity contribution in [3.05, 3.63) is 53.1 Å². The van der Waals surface area contributed by atoms with Gasteiger partial charge in [0, 0.05) is 24.3 Å². The molecule has 2 aromatic rings. The number of ether oxygens (including phenoxy) is 2. The summed E-state index contributed by atoms with van der Waals surface area (Å²) in [6.07, 6.45) is 1.04. The maximum absolute atomic E-state index is 12.4. The van der Waals surface area contributed by atoms with E-state index in [1.54, 1.807) is 30.3 Å². The molecule has 0 radical (unpaired) electrons. The third-order valence-electron chi connectivity index (χ3n) is 4.81. The summed E-state index contributed by atoms with van der Waals surface area (Å²) in [5.41, 5.74) is 2.16. The summed E-state index contributed by atoms with van der Waals surface area (Å²) in [5, 5.41) is 6.51. The third kappa shape index (κ3) is 6.08. The van der Waals surface area contributed by atoms with E-state index < -0.39 is 0 Å². The van der Waals surface area contributed by atoms with Crippen LogP contribution in [0.2, 0.25) is 5.02 Å². The van der Waals surface area contributed by atoms with E-state index in [1.165, 1.54) is 0 Å². The summed E-state index contributed by atoms with van der Waals surface area (Å²) in [7, 11) is 0. The first kappa shape index (κ1) is 22.3. The second-order valence-electron chi connectivity index (χ2n) is 7.03. The molecule has 8 heteroatoms. The Labute approximate surface area is 187 Å². The third-order valence-corrected chi connectivity index (χ3v) is 5.32. The molecule has 0 spiro atoms. The fraction of sp³-hybridized carbons (Fsp3) is 0.364. The number of hydrogen-bond acceptors (Lipinski definition) is 5. The number of halogens is 1. The van der Waals surface area contributed by atoms with Crippen molar-refractivity contribution in [3.63, 3.8) is 0 Å².